The van der Waals surface area contributed by atoms with Crippen molar-refractivity contribution in [3.05, 3.63) is 36.2 Å². The number of hydrogen-bond acceptors (Lipinski definition) is 6. The molecule has 0 spiro atoms. The number of ether oxygens (including phenoxy) is 2. The number of benzene rings is 1. The standard InChI is InChI=1S/C22H25N5O3/c1-29-15-5-3-14(4-6-15)26-22-25-12-18-17(11-24-20(18)27-22)13-2-7-16-19(10-13)30-9-8-23-21(16)28/h2,7,10-12,14-15H,3-6,8-9H2,1H3,(H,23,28)(H2,24,25,26,27). The molecule has 0 saturated heterocycles. The molecule has 3 aromatic rings. The molecule has 1 amide bonds. The van der Waals surface area contributed by atoms with Crippen LogP contribution in [0.1, 0.15) is 36.0 Å². The summed E-state index contributed by atoms with van der Waals surface area (Å²) in [5, 5.41) is 7.22. The number of carbonyl (C=O) groups excluding carboxylic acids is 1. The molecule has 2 aliphatic rings. The van der Waals surface area contributed by atoms with E-state index < -0.39 is 0 Å². The fraction of sp³-hybridized carbons (Fsp3) is 0.409. The number of nitrogens with zero attached hydrogens (tertiary/aromatic N) is 2. The summed E-state index contributed by atoms with van der Waals surface area (Å²) in [6.07, 6.45) is 8.36. The van der Waals surface area contributed by atoms with E-state index in [4.69, 9.17) is 9.47 Å². The highest BCUT2D eigenvalue weighted by Gasteiger charge is 2.22. The quantitative estimate of drug-likeness (QED) is 0.614. The third-order valence-corrected chi connectivity index (χ3v) is 5.96. The van der Waals surface area contributed by atoms with Crippen molar-refractivity contribution in [2.45, 2.75) is 37.8 Å². The number of methoxy groups -OCH3 is 1. The summed E-state index contributed by atoms with van der Waals surface area (Å²) in [5.74, 6) is 1.13. The maximum absolute atomic E-state index is 12.1. The second-order valence-corrected chi connectivity index (χ2v) is 7.83. The lowest BCUT2D eigenvalue weighted by molar-refractivity contribution is 0.0681. The van der Waals surface area contributed by atoms with Gasteiger partial charge in [0, 0.05) is 36.5 Å². The number of carbonyl (C=O) groups is 1. The van der Waals surface area contributed by atoms with Crippen LogP contribution in [0.5, 0.6) is 5.75 Å². The van der Waals surface area contributed by atoms with Gasteiger partial charge in [0.1, 0.15) is 18.0 Å². The number of hydrogen-bond donors (Lipinski definition) is 3. The maximum Gasteiger partial charge on any atom is 0.255 e. The van der Waals surface area contributed by atoms with Gasteiger partial charge >= 0.3 is 0 Å². The molecule has 5 rings (SSSR count). The first-order valence-electron chi connectivity index (χ1n) is 10.4. The van der Waals surface area contributed by atoms with E-state index in [0.717, 1.165) is 47.8 Å². The SMILES string of the molecule is COC1CCC(Nc2ncc3c(-c4ccc5c(c4)OCCNC5=O)c[nH]c3n2)CC1. The van der Waals surface area contributed by atoms with Crippen molar-refractivity contribution in [1.29, 1.82) is 0 Å². The largest absolute Gasteiger partial charge is 0.491 e. The molecule has 1 aliphatic heterocycles. The molecular weight excluding hydrogens is 382 g/mol. The third kappa shape index (κ3) is 3.59. The molecule has 30 heavy (non-hydrogen) atoms. The Morgan fingerprint density at radius 1 is 1.20 bits per heavy atom. The minimum absolute atomic E-state index is 0.105. The van der Waals surface area contributed by atoms with E-state index in [0.29, 0.717) is 42.6 Å². The number of amides is 1. The fourth-order valence-electron chi connectivity index (χ4n) is 4.26. The van der Waals surface area contributed by atoms with Crippen LogP contribution in [0.15, 0.2) is 30.6 Å². The van der Waals surface area contributed by atoms with Crippen LogP contribution < -0.4 is 15.4 Å². The Balaban J connectivity index is 1.38. The first-order chi connectivity index (χ1) is 14.7. The van der Waals surface area contributed by atoms with Crippen molar-refractivity contribution in [3.63, 3.8) is 0 Å². The zero-order valence-electron chi connectivity index (χ0n) is 16.9. The Labute approximate surface area is 174 Å². The van der Waals surface area contributed by atoms with Crippen LogP contribution in [0, 0.1) is 0 Å². The molecule has 3 N–H and O–H groups in total. The van der Waals surface area contributed by atoms with Crippen LogP contribution in [-0.2, 0) is 4.74 Å². The summed E-state index contributed by atoms with van der Waals surface area (Å²) in [4.78, 5) is 24.6. The van der Waals surface area contributed by atoms with Crippen LogP contribution in [0.3, 0.4) is 0 Å². The maximum atomic E-state index is 12.1. The number of rotatable bonds is 4. The highest BCUT2D eigenvalue weighted by atomic mass is 16.5. The molecule has 0 atom stereocenters. The molecule has 3 heterocycles. The van der Waals surface area contributed by atoms with E-state index in [2.05, 4.69) is 25.6 Å². The lowest BCUT2D eigenvalue weighted by Gasteiger charge is -2.28. The number of nitrogens with one attached hydrogen (secondary N) is 3. The topological polar surface area (TPSA) is 101 Å². The Morgan fingerprint density at radius 3 is 2.90 bits per heavy atom. The average molecular weight is 407 g/mol. The van der Waals surface area contributed by atoms with E-state index in [9.17, 15) is 4.79 Å². The molecule has 0 radical (unpaired) electrons. The molecule has 2 aromatic heterocycles. The number of anilines is 1. The fourth-order valence-corrected chi connectivity index (χ4v) is 4.26. The second kappa shape index (κ2) is 7.95. The molecule has 156 valence electrons. The summed E-state index contributed by atoms with van der Waals surface area (Å²) < 4.78 is 11.2. The number of aromatic nitrogens is 3. The van der Waals surface area contributed by atoms with Crippen LogP contribution in [0.4, 0.5) is 5.95 Å². The summed E-state index contributed by atoms with van der Waals surface area (Å²) >= 11 is 0. The first kappa shape index (κ1) is 18.9. The molecule has 1 saturated carbocycles. The van der Waals surface area contributed by atoms with Gasteiger partial charge in [-0.3, -0.25) is 4.79 Å². The molecule has 0 bridgehead atoms. The van der Waals surface area contributed by atoms with E-state index >= 15 is 0 Å². The Kier molecular flexibility index (Phi) is 5.00. The first-order valence-corrected chi connectivity index (χ1v) is 10.4. The zero-order chi connectivity index (χ0) is 20.5. The number of aromatic amines is 1. The lowest BCUT2D eigenvalue weighted by Crippen LogP contribution is -2.29. The van der Waals surface area contributed by atoms with E-state index in [1.807, 2.05) is 24.5 Å². The smallest absolute Gasteiger partial charge is 0.255 e. The molecule has 8 nitrogen and oxygen atoms in total. The predicted molar refractivity (Wildman–Crippen MR) is 114 cm³/mol. The predicted octanol–water partition coefficient (Wildman–Crippen LogP) is 3.12. The van der Waals surface area contributed by atoms with Crippen LogP contribution in [0.2, 0.25) is 0 Å². The van der Waals surface area contributed by atoms with Gasteiger partial charge in [-0.15, -0.1) is 0 Å². The van der Waals surface area contributed by atoms with Crippen molar-refractivity contribution in [2.75, 3.05) is 25.6 Å². The molecule has 0 unspecified atom stereocenters. The van der Waals surface area contributed by atoms with Gasteiger partial charge in [-0.05, 0) is 43.4 Å². The highest BCUT2D eigenvalue weighted by Crippen LogP contribution is 2.33. The van der Waals surface area contributed by atoms with E-state index in [1.54, 1.807) is 13.2 Å². The Morgan fingerprint density at radius 2 is 2.07 bits per heavy atom. The van der Waals surface area contributed by atoms with Gasteiger partial charge in [0.15, 0.2) is 0 Å². The average Bonchev–Trinajstić information content (AvgIpc) is 3.11. The van der Waals surface area contributed by atoms with Crippen molar-refractivity contribution < 1.29 is 14.3 Å². The molecule has 1 fully saturated rings. The van der Waals surface area contributed by atoms with E-state index in [-0.39, 0.29) is 5.91 Å². The van der Waals surface area contributed by atoms with Gasteiger partial charge < -0.3 is 25.1 Å². The second-order valence-electron chi connectivity index (χ2n) is 7.83. The van der Waals surface area contributed by atoms with Crippen molar-refractivity contribution >= 4 is 22.9 Å². The summed E-state index contributed by atoms with van der Waals surface area (Å²) in [7, 11) is 1.78. The normalized spacial score (nSPS) is 21.4. The third-order valence-electron chi connectivity index (χ3n) is 5.96. The van der Waals surface area contributed by atoms with Crippen molar-refractivity contribution in [3.8, 4) is 16.9 Å². The van der Waals surface area contributed by atoms with Gasteiger partial charge in [0.05, 0.1) is 18.2 Å². The van der Waals surface area contributed by atoms with Gasteiger partial charge in [-0.1, -0.05) is 6.07 Å². The summed E-state index contributed by atoms with van der Waals surface area (Å²) in [5.41, 5.74) is 3.27. The highest BCUT2D eigenvalue weighted by molar-refractivity contribution is 5.99. The molecular formula is C22H25N5O3. The number of H-pyrrole nitrogens is 1. The monoisotopic (exact) mass is 407 g/mol. The van der Waals surface area contributed by atoms with Crippen LogP contribution in [0.25, 0.3) is 22.2 Å². The van der Waals surface area contributed by atoms with Gasteiger partial charge in [0.25, 0.3) is 5.91 Å². The zero-order valence-corrected chi connectivity index (χ0v) is 16.9. The Hall–Kier alpha value is -3.13. The lowest BCUT2D eigenvalue weighted by atomic mass is 9.93. The van der Waals surface area contributed by atoms with Gasteiger partial charge in [-0.25, -0.2) is 4.98 Å². The molecule has 1 aliphatic carbocycles. The summed E-state index contributed by atoms with van der Waals surface area (Å²) in [6.45, 7) is 0.965. The molecule has 8 heteroatoms. The van der Waals surface area contributed by atoms with Crippen molar-refractivity contribution in [1.82, 2.24) is 20.3 Å². The van der Waals surface area contributed by atoms with Crippen molar-refractivity contribution in [2.24, 2.45) is 0 Å². The van der Waals surface area contributed by atoms with Gasteiger partial charge in [-0.2, -0.15) is 4.98 Å². The van der Waals surface area contributed by atoms with E-state index in [1.165, 1.54) is 0 Å². The minimum Gasteiger partial charge on any atom is -0.491 e. The Bertz CT molecular complexity index is 1070. The molecule has 1 aromatic carbocycles. The summed E-state index contributed by atoms with van der Waals surface area (Å²) in [6, 6.07) is 6.01. The number of fused-ring (bicyclic) bond motifs is 2. The van der Waals surface area contributed by atoms with Gasteiger partial charge in [0.2, 0.25) is 5.95 Å². The minimum atomic E-state index is -0.105. The van der Waals surface area contributed by atoms with Crippen LogP contribution >= 0.6 is 0 Å². The van der Waals surface area contributed by atoms with Crippen LogP contribution in [-0.4, -0.2) is 53.3 Å².